The molecule has 1 aliphatic heterocycles. The van der Waals surface area contributed by atoms with Crippen LogP contribution in [0.2, 0.25) is 5.02 Å². The van der Waals surface area contributed by atoms with Crippen LogP contribution in [0.4, 0.5) is 16.2 Å². The van der Waals surface area contributed by atoms with Gasteiger partial charge in [0, 0.05) is 18.1 Å². The lowest BCUT2D eigenvalue weighted by Gasteiger charge is -2.27. The van der Waals surface area contributed by atoms with E-state index in [-0.39, 0.29) is 5.91 Å². The minimum Gasteiger partial charge on any atom is -0.444 e. The first-order chi connectivity index (χ1) is 18.3. The second-order valence-electron chi connectivity index (χ2n) is 10.2. The van der Waals surface area contributed by atoms with Gasteiger partial charge in [0.2, 0.25) is 5.91 Å². The summed E-state index contributed by atoms with van der Waals surface area (Å²) < 4.78 is 5.24. The topological polar surface area (TPSA) is 135 Å². The van der Waals surface area contributed by atoms with Gasteiger partial charge in [-0.2, -0.15) is 0 Å². The van der Waals surface area contributed by atoms with Crippen LogP contribution >= 0.6 is 23.4 Å². The molecule has 0 bridgehead atoms. The molecule has 0 radical (unpaired) electrons. The molecule has 2 heterocycles. The molecule has 4 rings (SSSR count). The van der Waals surface area contributed by atoms with E-state index < -0.39 is 23.1 Å². The van der Waals surface area contributed by atoms with Crippen LogP contribution in [0.3, 0.4) is 0 Å². The summed E-state index contributed by atoms with van der Waals surface area (Å²) in [7, 11) is 0. The van der Waals surface area contributed by atoms with Crippen LogP contribution in [-0.4, -0.2) is 44.2 Å². The second kappa shape index (κ2) is 11.0. The van der Waals surface area contributed by atoms with Crippen molar-refractivity contribution in [3.63, 3.8) is 0 Å². The van der Waals surface area contributed by atoms with Crippen LogP contribution in [0.25, 0.3) is 17.1 Å². The number of alkyl carbamates (subject to hydrolysis) is 1. The Hall–Kier alpha value is -3.96. The highest BCUT2D eigenvalue weighted by Crippen LogP contribution is 2.33. The van der Waals surface area contributed by atoms with Crippen LogP contribution in [0, 0.1) is 0 Å². The first-order valence-electron chi connectivity index (χ1n) is 11.9. The number of halogens is 1. The smallest absolute Gasteiger partial charge is 0.408 e. The number of amides is 3. The molecule has 202 valence electrons. The molecule has 1 fully saturated rings. The Balaban J connectivity index is 1.48. The largest absolute Gasteiger partial charge is 0.444 e. The molecular weight excluding hydrogens is 540 g/mol. The van der Waals surface area contributed by atoms with Crippen molar-refractivity contribution in [2.75, 3.05) is 5.32 Å². The average Bonchev–Trinajstić information content (AvgIpc) is 3.17. The predicted molar refractivity (Wildman–Crippen MR) is 154 cm³/mol. The fourth-order valence-electron chi connectivity index (χ4n) is 3.39. The number of hydrogen-bond acceptors (Lipinski definition) is 8. The zero-order chi connectivity index (χ0) is 28.4. The van der Waals surface area contributed by atoms with Crippen molar-refractivity contribution in [1.29, 1.82) is 0 Å². The lowest BCUT2D eigenvalue weighted by atomic mass is 10.0. The molecule has 39 heavy (non-hydrogen) atoms. The molecule has 0 spiro atoms. The summed E-state index contributed by atoms with van der Waals surface area (Å²) >= 11 is 7.51. The number of rotatable bonds is 5. The number of aliphatic imine (C=N–C) groups is 1. The number of carbonyl (C=O) groups excluding carboxylic acids is 3. The average molecular weight is 567 g/mol. The number of carbonyl (C=O) groups is 3. The normalized spacial score (nSPS) is 15.9. The van der Waals surface area contributed by atoms with Crippen molar-refractivity contribution in [2.24, 2.45) is 4.99 Å². The number of fused-ring (bicyclic) bond motifs is 1. The van der Waals surface area contributed by atoms with E-state index in [1.807, 2.05) is 18.2 Å². The van der Waals surface area contributed by atoms with Gasteiger partial charge in [-0.15, -0.1) is 0 Å². The molecule has 1 aliphatic rings. The van der Waals surface area contributed by atoms with Gasteiger partial charge >= 0.3 is 6.09 Å². The fraction of sp³-hybridized carbons (Fsp3) is 0.259. The third-order valence-corrected chi connectivity index (χ3v) is 6.48. The van der Waals surface area contributed by atoms with Gasteiger partial charge in [0.1, 0.15) is 11.1 Å². The molecule has 3 N–H and O–H groups in total. The Kier molecular flexibility index (Phi) is 7.94. The molecule has 3 amide bonds. The molecule has 10 nitrogen and oxygen atoms in total. The highest BCUT2D eigenvalue weighted by molar-refractivity contribution is 8.18. The highest BCUT2D eigenvalue weighted by atomic mass is 35.5. The van der Waals surface area contributed by atoms with E-state index in [0.29, 0.717) is 26.5 Å². The SMILES string of the molecule is CC(C)(C)OC(=O)NC(C)(C)C(=O)Nc1ccc(Cl)c(N=C2NC(=O)/C(=C/c3ccc4nccnc4c3)S2)c1. The second-order valence-corrected chi connectivity index (χ2v) is 11.6. The van der Waals surface area contributed by atoms with Crippen LogP contribution in [0.5, 0.6) is 0 Å². The van der Waals surface area contributed by atoms with Gasteiger partial charge in [0.25, 0.3) is 5.91 Å². The number of ether oxygens (including phenoxy) is 1. The maximum absolute atomic E-state index is 12.9. The summed E-state index contributed by atoms with van der Waals surface area (Å²) in [4.78, 5) is 51.1. The van der Waals surface area contributed by atoms with Crippen molar-refractivity contribution in [2.45, 2.75) is 45.8 Å². The number of benzene rings is 2. The maximum atomic E-state index is 12.9. The number of anilines is 1. The number of thioether (sulfide) groups is 1. The molecule has 0 aliphatic carbocycles. The quantitative estimate of drug-likeness (QED) is 0.351. The van der Waals surface area contributed by atoms with E-state index in [2.05, 4.69) is 30.9 Å². The number of nitrogens with one attached hydrogen (secondary N) is 3. The summed E-state index contributed by atoms with van der Waals surface area (Å²) in [6.07, 6.45) is 4.27. The van der Waals surface area contributed by atoms with Gasteiger partial charge in [-0.1, -0.05) is 17.7 Å². The van der Waals surface area contributed by atoms with E-state index in [9.17, 15) is 14.4 Å². The monoisotopic (exact) mass is 566 g/mol. The maximum Gasteiger partial charge on any atom is 0.408 e. The van der Waals surface area contributed by atoms with Crippen molar-refractivity contribution in [1.82, 2.24) is 20.6 Å². The van der Waals surface area contributed by atoms with Crippen molar-refractivity contribution in [3.05, 3.63) is 64.3 Å². The molecule has 0 unspecified atom stereocenters. The van der Waals surface area contributed by atoms with Gasteiger partial charge in [-0.25, -0.2) is 9.79 Å². The predicted octanol–water partition coefficient (Wildman–Crippen LogP) is 5.42. The molecule has 12 heteroatoms. The van der Waals surface area contributed by atoms with Gasteiger partial charge < -0.3 is 20.7 Å². The first kappa shape index (κ1) is 28.1. The van der Waals surface area contributed by atoms with Crippen molar-refractivity contribution in [3.8, 4) is 0 Å². The third kappa shape index (κ3) is 7.33. The Morgan fingerprint density at radius 2 is 1.77 bits per heavy atom. The molecule has 1 aromatic heterocycles. The van der Waals surface area contributed by atoms with E-state index in [0.717, 1.165) is 28.4 Å². The summed E-state index contributed by atoms with van der Waals surface area (Å²) in [6, 6.07) is 10.3. The summed E-state index contributed by atoms with van der Waals surface area (Å²) in [5, 5.41) is 8.71. The van der Waals surface area contributed by atoms with Gasteiger partial charge in [0.05, 0.1) is 26.6 Å². The molecule has 1 saturated heterocycles. The fourth-order valence-corrected chi connectivity index (χ4v) is 4.38. The van der Waals surface area contributed by atoms with Crippen LogP contribution in [0.1, 0.15) is 40.2 Å². The number of aromatic nitrogens is 2. The Morgan fingerprint density at radius 1 is 1.05 bits per heavy atom. The van der Waals surface area contributed by atoms with Crippen LogP contribution in [-0.2, 0) is 14.3 Å². The summed E-state index contributed by atoms with van der Waals surface area (Å²) in [6.45, 7) is 8.32. The van der Waals surface area contributed by atoms with Gasteiger partial charge in [-0.05, 0) is 88.4 Å². The number of nitrogens with zero attached hydrogens (tertiary/aromatic N) is 3. The van der Waals surface area contributed by atoms with E-state index >= 15 is 0 Å². The lowest BCUT2D eigenvalue weighted by Crippen LogP contribution is -2.53. The summed E-state index contributed by atoms with van der Waals surface area (Å²) in [5.41, 5.74) is 1.07. The molecule has 2 aromatic carbocycles. The molecule has 3 aromatic rings. The molecule has 0 atom stereocenters. The number of hydrogen-bond donors (Lipinski definition) is 3. The molecular formula is C27H27ClN6O4S. The zero-order valence-corrected chi connectivity index (χ0v) is 23.5. The Morgan fingerprint density at radius 3 is 2.49 bits per heavy atom. The minimum absolute atomic E-state index is 0.298. The lowest BCUT2D eigenvalue weighted by molar-refractivity contribution is -0.121. The van der Waals surface area contributed by atoms with Gasteiger partial charge in [0.15, 0.2) is 5.17 Å². The highest BCUT2D eigenvalue weighted by Gasteiger charge is 2.32. The van der Waals surface area contributed by atoms with Gasteiger partial charge in [-0.3, -0.25) is 19.6 Å². The minimum atomic E-state index is -1.27. The van der Waals surface area contributed by atoms with Crippen molar-refractivity contribution < 1.29 is 19.1 Å². The Bertz CT molecular complexity index is 1530. The third-order valence-electron chi connectivity index (χ3n) is 5.25. The zero-order valence-electron chi connectivity index (χ0n) is 22.0. The van der Waals surface area contributed by atoms with E-state index in [1.54, 1.807) is 71.3 Å². The Labute approximate surface area is 234 Å². The van der Waals surface area contributed by atoms with E-state index in [1.165, 1.54) is 0 Å². The van der Waals surface area contributed by atoms with E-state index in [4.69, 9.17) is 16.3 Å². The first-order valence-corrected chi connectivity index (χ1v) is 13.1. The van der Waals surface area contributed by atoms with Crippen LogP contribution < -0.4 is 16.0 Å². The molecule has 0 saturated carbocycles. The summed E-state index contributed by atoms with van der Waals surface area (Å²) in [5.74, 6) is -0.767. The standard InChI is InChI=1S/C27H27ClN6O4S/c1-26(2,3)38-25(37)34-27(4,5)23(36)31-16-7-8-17(28)19(14-16)32-24-33-22(35)21(39-24)13-15-6-9-18-20(12-15)30-11-10-29-18/h6-14H,1-5H3,(H,31,36)(H,34,37)(H,32,33,35)/b21-13-. The van der Waals surface area contributed by atoms with Crippen molar-refractivity contribution >= 4 is 74.9 Å². The van der Waals surface area contributed by atoms with Crippen LogP contribution in [0.15, 0.2) is 58.7 Å². The number of amidine groups is 1.